The fourth-order valence-electron chi connectivity index (χ4n) is 5.02. The molecule has 168 valence electrons. The summed E-state index contributed by atoms with van der Waals surface area (Å²) in [5.41, 5.74) is 3.46. The highest BCUT2D eigenvalue weighted by Crippen LogP contribution is 2.37. The summed E-state index contributed by atoms with van der Waals surface area (Å²) in [7, 11) is -3.82. The van der Waals surface area contributed by atoms with E-state index >= 15 is 0 Å². The number of hydrogen-bond donors (Lipinski definition) is 0. The predicted molar refractivity (Wildman–Crippen MR) is 127 cm³/mol. The van der Waals surface area contributed by atoms with E-state index in [0.29, 0.717) is 16.9 Å². The molecule has 32 heavy (non-hydrogen) atoms. The molecule has 2 aliphatic heterocycles. The third kappa shape index (κ3) is 3.59. The number of rotatable bonds is 3. The summed E-state index contributed by atoms with van der Waals surface area (Å²) in [6.45, 7) is 8.27. The third-order valence-corrected chi connectivity index (χ3v) is 8.57. The van der Waals surface area contributed by atoms with Crippen LogP contribution in [0.2, 0.25) is 0 Å². The average molecular weight is 453 g/mol. The van der Waals surface area contributed by atoms with E-state index in [1.807, 2.05) is 12.1 Å². The summed E-state index contributed by atoms with van der Waals surface area (Å²) in [5.74, 6) is -0.359. The second-order valence-electron chi connectivity index (χ2n) is 10.0. The van der Waals surface area contributed by atoms with Crippen LogP contribution in [0.5, 0.6) is 0 Å². The minimum atomic E-state index is -3.82. The van der Waals surface area contributed by atoms with Gasteiger partial charge in [-0.05, 0) is 72.7 Å². The third-order valence-electron chi connectivity index (χ3n) is 6.88. The Bertz CT molecular complexity index is 1310. The molecule has 2 aliphatic rings. The molecule has 0 aliphatic carbocycles. The number of benzene rings is 2. The van der Waals surface area contributed by atoms with Gasteiger partial charge >= 0.3 is 0 Å². The van der Waals surface area contributed by atoms with Crippen molar-refractivity contribution in [3.8, 4) is 0 Å². The number of hydrogen-bond acceptors (Lipinski definition) is 3. The number of fused-ring (bicyclic) bond motifs is 2. The summed E-state index contributed by atoms with van der Waals surface area (Å²) in [5, 5.41) is 0.651. The lowest BCUT2D eigenvalue weighted by Crippen LogP contribution is -2.32. The first-order chi connectivity index (χ1) is 15.1. The maximum absolute atomic E-state index is 14.2. The summed E-state index contributed by atoms with van der Waals surface area (Å²) >= 11 is 0. The van der Waals surface area contributed by atoms with Crippen LogP contribution >= 0.6 is 0 Å². The largest absolute Gasteiger partial charge is 0.296 e. The second kappa shape index (κ2) is 7.56. The van der Waals surface area contributed by atoms with Gasteiger partial charge in [0.15, 0.2) is 0 Å². The fourth-order valence-corrected chi connectivity index (χ4v) is 6.39. The molecule has 0 bridgehead atoms. The zero-order valence-electron chi connectivity index (χ0n) is 18.8. The van der Waals surface area contributed by atoms with Crippen molar-refractivity contribution >= 4 is 26.5 Å². The molecule has 1 fully saturated rings. The molecule has 3 heterocycles. The van der Waals surface area contributed by atoms with Gasteiger partial charge in [0.05, 0.1) is 10.4 Å². The van der Waals surface area contributed by atoms with E-state index in [0.717, 1.165) is 42.6 Å². The maximum atomic E-state index is 14.2. The Morgan fingerprint density at radius 3 is 2.53 bits per heavy atom. The molecule has 1 unspecified atom stereocenters. The topological polar surface area (TPSA) is 42.3 Å². The van der Waals surface area contributed by atoms with Gasteiger partial charge in [-0.15, -0.1) is 0 Å². The molecular weight excluding hydrogens is 423 g/mol. The SMILES string of the molecule is CC(C)(C)c1ccc(S(=O)(=O)n2cc(C3=CCN4CCCC4C3)c3cc(F)ccc32)cc1. The van der Waals surface area contributed by atoms with Gasteiger partial charge in [-0.2, -0.15) is 0 Å². The Labute approximate surface area is 189 Å². The standard InChI is InChI=1S/C26H29FN2O2S/c1-26(2,3)19-6-9-22(10-7-19)32(30,31)29-17-24(23-16-20(27)8-11-25(23)29)18-12-14-28-13-4-5-21(28)15-18/h6-12,16-17,21H,4-5,13-15H2,1-3H3. The summed E-state index contributed by atoms with van der Waals surface area (Å²) in [6, 6.07) is 11.9. The first-order valence-electron chi connectivity index (χ1n) is 11.2. The van der Waals surface area contributed by atoms with Crippen molar-refractivity contribution in [2.75, 3.05) is 13.1 Å². The van der Waals surface area contributed by atoms with Crippen LogP contribution in [0.4, 0.5) is 4.39 Å². The zero-order chi connectivity index (χ0) is 22.7. The molecule has 0 amide bonds. The van der Waals surface area contributed by atoms with E-state index in [2.05, 4.69) is 31.7 Å². The molecule has 0 saturated carbocycles. The van der Waals surface area contributed by atoms with Crippen molar-refractivity contribution in [3.05, 3.63) is 71.7 Å². The highest BCUT2D eigenvalue weighted by atomic mass is 32.2. The molecule has 0 N–H and O–H groups in total. The lowest BCUT2D eigenvalue weighted by molar-refractivity contribution is 0.275. The number of nitrogens with zero attached hydrogens (tertiary/aromatic N) is 2. The van der Waals surface area contributed by atoms with Crippen LogP contribution in [0.15, 0.2) is 59.6 Å². The Kier molecular flexibility index (Phi) is 5.06. The van der Waals surface area contributed by atoms with E-state index < -0.39 is 10.0 Å². The smallest absolute Gasteiger partial charge is 0.268 e. The van der Waals surface area contributed by atoms with Gasteiger partial charge in [0.2, 0.25) is 0 Å². The Morgan fingerprint density at radius 2 is 1.81 bits per heavy atom. The lowest BCUT2D eigenvalue weighted by atomic mass is 9.87. The molecular formula is C26H29FN2O2S. The average Bonchev–Trinajstić information content (AvgIpc) is 3.37. The molecule has 5 rings (SSSR count). The van der Waals surface area contributed by atoms with Crippen LogP contribution in [0.3, 0.4) is 0 Å². The van der Waals surface area contributed by atoms with Crippen LogP contribution in [-0.2, 0) is 15.4 Å². The van der Waals surface area contributed by atoms with Crippen LogP contribution in [0, 0.1) is 5.82 Å². The van der Waals surface area contributed by atoms with Crippen LogP contribution < -0.4 is 0 Å². The normalized spacial score (nSPS) is 19.9. The van der Waals surface area contributed by atoms with E-state index in [1.54, 1.807) is 24.4 Å². The van der Waals surface area contributed by atoms with Crippen molar-refractivity contribution in [1.82, 2.24) is 8.87 Å². The van der Waals surface area contributed by atoms with Gasteiger partial charge in [-0.25, -0.2) is 16.8 Å². The monoisotopic (exact) mass is 452 g/mol. The van der Waals surface area contributed by atoms with Gasteiger partial charge in [0.25, 0.3) is 10.0 Å². The van der Waals surface area contributed by atoms with Crippen molar-refractivity contribution in [3.63, 3.8) is 0 Å². The van der Waals surface area contributed by atoms with Crippen LogP contribution in [-0.4, -0.2) is 36.4 Å². The Balaban J connectivity index is 1.62. The van der Waals surface area contributed by atoms with Crippen LogP contribution in [0.1, 0.15) is 51.2 Å². The fraction of sp³-hybridized carbons (Fsp3) is 0.385. The molecule has 6 heteroatoms. The molecule has 4 nitrogen and oxygen atoms in total. The summed E-state index contributed by atoms with van der Waals surface area (Å²) in [6.07, 6.45) is 7.09. The number of halogens is 1. The van der Waals surface area contributed by atoms with E-state index in [4.69, 9.17) is 0 Å². The van der Waals surface area contributed by atoms with Crippen molar-refractivity contribution in [2.24, 2.45) is 0 Å². The molecule has 3 aromatic rings. The van der Waals surface area contributed by atoms with Crippen molar-refractivity contribution in [1.29, 1.82) is 0 Å². The van der Waals surface area contributed by atoms with Gasteiger partial charge in [0, 0.05) is 29.7 Å². The predicted octanol–water partition coefficient (Wildman–Crippen LogP) is 5.57. The highest BCUT2D eigenvalue weighted by Gasteiger charge is 2.30. The van der Waals surface area contributed by atoms with Crippen molar-refractivity contribution in [2.45, 2.75) is 56.4 Å². The zero-order valence-corrected chi connectivity index (χ0v) is 19.6. The quantitative estimate of drug-likeness (QED) is 0.522. The number of aromatic nitrogens is 1. The van der Waals surface area contributed by atoms with E-state index in [-0.39, 0.29) is 16.1 Å². The maximum Gasteiger partial charge on any atom is 0.268 e. The summed E-state index contributed by atoms with van der Waals surface area (Å²) < 4.78 is 42.7. The molecule has 2 aromatic carbocycles. The molecule has 0 spiro atoms. The minimum Gasteiger partial charge on any atom is -0.296 e. The minimum absolute atomic E-state index is 0.0608. The molecule has 1 saturated heterocycles. The van der Waals surface area contributed by atoms with E-state index in [1.165, 1.54) is 22.5 Å². The van der Waals surface area contributed by atoms with Crippen LogP contribution in [0.25, 0.3) is 16.5 Å². The molecule has 1 atom stereocenters. The van der Waals surface area contributed by atoms with Crippen molar-refractivity contribution < 1.29 is 12.8 Å². The first kappa shape index (κ1) is 21.4. The molecule has 1 aromatic heterocycles. The van der Waals surface area contributed by atoms with Gasteiger partial charge in [-0.1, -0.05) is 39.0 Å². The highest BCUT2D eigenvalue weighted by molar-refractivity contribution is 7.90. The second-order valence-corrected chi connectivity index (χ2v) is 11.8. The van der Waals surface area contributed by atoms with E-state index in [9.17, 15) is 12.8 Å². The van der Waals surface area contributed by atoms with Gasteiger partial charge in [-0.3, -0.25) is 4.90 Å². The summed E-state index contributed by atoms with van der Waals surface area (Å²) in [4.78, 5) is 2.70. The van der Waals surface area contributed by atoms with Gasteiger partial charge < -0.3 is 0 Å². The van der Waals surface area contributed by atoms with Gasteiger partial charge in [0.1, 0.15) is 5.82 Å². The Morgan fingerprint density at radius 1 is 1.06 bits per heavy atom. The molecule has 0 radical (unpaired) electrons. The lowest BCUT2D eigenvalue weighted by Gasteiger charge is -2.29. The first-order valence-corrected chi connectivity index (χ1v) is 12.7. The Hall–Kier alpha value is -2.44.